The van der Waals surface area contributed by atoms with Crippen molar-refractivity contribution in [3.8, 4) is 17.2 Å². The maximum atomic E-state index is 10.7. The lowest BCUT2D eigenvalue weighted by Gasteiger charge is -2.08. The number of halogens is 1. The highest BCUT2D eigenvalue weighted by Crippen LogP contribution is 2.42. The second-order valence-corrected chi connectivity index (χ2v) is 3.24. The van der Waals surface area contributed by atoms with Crippen LogP contribution in [0, 0.1) is 0 Å². The van der Waals surface area contributed by atoms with Crippen molar-refractivity contribution in [2.75, 3.05) is 7.11 Å². The Morgan fingerprint density at radius 1 is 1.43 bits per heavy atom. The van der Waals surface area contributed by atoms with E-state index < -0.39 is 17.5 Å². The van der Waals surface area contributed by atoms with Crippen LogP contribution in [0.3, 0.4) is 0 Å². The average molecular weight is 263 g/mol. The molecule has 0 fully saturated rings. The molecule has 0 saturated heterocycles. The predicted molar refractivity (Wildman–Crippen MR) is 51.0 cm³/mol. The van der Waals surface area contributed by atoms with Crippen LogP contribution in [0.1, 0.15) is 10.4 Å². The normalized spacial score (nSPS) is 9.86. The molecule has 0 atom stereocenters. The molecule has 0 spiro atoms. The molecular formula is C8H7BrO5. The zero-order valence-corrected chi connectivity index (χ0v) is 8.70. The molecular weight excluding hydrogens is 256 g/mol. The fourth-order valence-electron chi connectivity index (χ4n) is 0.922. The number of aromatic hydroxyl groups is 2. The molecule has 0 aromatic heterocycles. The second kappa shape index (κ2) is 3.75. The molecule has 6 heteroatoms. The van der Waals surface area contributed by atoms with Gasteiger partial charge in [0.1, 0.15) is 0 Å². The smallest absolute Gasteiger partial charge is 0.337 e. The van der Waals surface area contributed by atoms with E-state index in [1.54, 1.807) is 0 Å². The number of phenols is 2. The van der Waals surface area contributed by atoms with E-state index >= 15 is 0 Å². The summed E-state index contributed by atoms with van der Waals surface area (Å²) >= 11 is 2.85. The Kier molecular flexibility index (Phi) is 2.85. The van der Waals surface area contributed by atoms with Gasteiger partial charge in [0.15, 0.2) is 11.5 Å². The van der Waals surface area contributed by atoms with Gasteiger partial charge in [-0.3, -0.25) is 0 Å². The van der Waals surface area contributed by atoms with E-state index in [4.69, 9.17) is 5.11 Å². The molecule has 1 aromatic rings. The van der Waals surface area contributed by atoms with E-state index in [0.29, 0.717) is 0 Å². The lowest BCUT2D eigenvalue weighted by Crippen LogP contribution is -1.99. The standard InChI is InChI=1S/C8H7BrO5/c1-14-4-2-3(8(12)13)5(9)7(11)6(4)10/h2,10-11H,1H3,(H,12,13). The highest BCUT2D eigenvalue weighted by Gasteiger charge is 2.19. The van der Waals surface area contributed by atoms with Gasteiger partial charge in [-0.15, -0.1) is 0 Å². The van der Waals surface area contributed by atoms with Crippen molar-refractivity contribution in [2.45, 2.75) is 0 Å². The van der Waals surface area contributed by atoms with Gasteiger partial charge in [0.2, 0.25) is 5.75 Å². The maximum Gasteiger partial charge on any atom is 0.337 e. The summed E-state index contributed by atoms with van der Waals surface area (Å²) in [7, 11) is 1.26. The van der Waals surface area contributed by atoms with Crippen LogP contribution >= 0.6 is 15.9 Å². The van der Waals surface area contributed by atoms with Crippen LogP contribution in [0.5, 0.6) is 17.2 Å². The van der Waals surface area contributed by atoms with Crippen LogP contribution in [-0.2, 0) is 0 Å². The molecule has 3 N–H and O–H groups in total. The number of carboxylic acid groups (broad SMARTS) is 1. The first kappa shape index (κ1) is 10.6. The first-order chi connectivity index (χ1) is 6.49. The summed E-state index contributed by atoms with van der Waals surface area (Å²) in [6, 6.07) is 1.11. The molecule has 76 valence electrons. The van der Waals surface area contributed by atoms with Crippen molar-refractivity contribution in [1.29, 1.82) is 0 Å². The monoisotopic (exact) mass is 262 g/mol. The third-order valence-electron chi connectivity index (χ3n) is 1.63. The molecule has 0 heterocycles. The number of rotatable bonds is 2. The molecule has 0 unspecified atom stereocenters. The molecule has 0 saturated carbocycles. The van der Waals surface area contributed by atoms with Crippen molar-refractivity contribution in [3.05, 3.63) is 16.1 Å². The number of ether oxygens (including phenoxy) is 1. The van der Waals surface area contributed by atoms with Crippen LogP contribution in [0.25, 0.3) is 0 Å². The number of carboxylic acids is 1. The molecule has 0 aliphatic carbocycles. The summed E-state index contributed by atoms with van der Waals surface area (Å²) < 4.78 is 4.60. The van der Waals surface area contributed by atoms with Gasteiger partial charge in [0, 0.05) is 0 Å². The Bertz CT molecular complexity index is 388. The van der Waals surface area contributed by atoms with Crippen LogP contribution < -0.4 is 4.74 Å². The SMILES string of the molecule is COc1cc(C(=O)O)c(Br)c(O)c1O. The third kappa shape index (κ3) is 1.60. The molecule has 0 aliphatic heterocycles. The summed E-state index contributed by atoms with van der Waals surface area (Å²) in [6.07, 6.45) is 0. The molecule has 0 aliphatic rings. The Balaban J connectivity index is 3.48. The first-order valence-corrected chi connectivity index (χ1v) is 4.30. The highest BCUT2D eigenvalue weighted by molar-refractivity contribution is 9.10. The van der Waals surface area contributed by atoms with Gasteiger partial charge in [0.05, 0.1) is 17.1 Å². The van der Waals surface area contributed by atoms with Gasteiger partial charge in [0.25, 0.3) is 0 Å². The van der Waals surface area contributed by atoms with Crippen molar-refractivity contribution in [3.63, 3.8) is 0 Å². The number of benzene rings is 1. The van der Waals surface area contributed by atoms with E-state index in [1.165, 1.54) is 7.11 Å². The lowest BCUT2D eigenvalue weighted by atomic mass is 10.2. The minimum absolute atomic E-state index is 0.0803. The van der Waals surface area contributed by atoms with Gasteiger partial charge in [-0.05, 0) is 22.0 Å². The Labute approximate surface area is 87.7 Å². The van der Waals surface area contributed by atoms with Gasteiger partial charge in [-0.2, -0.15) is 0 Å². The third-order valence-corrected chi connectivity index (χ3v) is 2.43. The first-order valence-electron chi connectivity index (χ1n) is 3.50. The lowest BCUT2D eigenvalue weighted by molar-refractivity contribution is 0.0695. The van der Waals surface area contributed by atoms with Gasteiger partial charge in [-0.25, -0.2) is 4.79 Å². The second-order valence-electron chi connectivity index (χ2n) is 2.44. The Morgan fingerprint density at radius 2 is 2.00 bits per heavy atom. The van der Waals surface area contributed by atoms with E-state index in [2.05, 4.69) is 20.7 Å². The van der Waals surface area contributed by atoms with E-state index in [9.17, 15) is 15.0 Å². The minimum Gasteiger partial charge on any atom is -0.503 e. The van der Waals surface area contributed by atoms with Crippen LogP contribution in [-0.4, -0.2) is 28.4 Å². The number of carbonyl (C=O) groups is 1. The average Bonchev–Trinajstić information content (AvgIpc) is 2.14. The minimum atomic E-state index is -1.23. The highest BCUT2D eigenvalue weighted by atomic mass is 79.9. The number of methoxy groups -OCH3 is 1. The summed E-state index contributed by atoms with van der Waals surface area (Å²) in [5.74, 6) is -2.38. The van der Waals surface area contributed by atoms with Crippen molar-refractivity contribution in [2.24, 2.45) is 0 Å². The van der Waals surface area contributed by atoms with Gasteiger partial charge in [-0.1, -0.05) is 0 Å². The Morgan fingerprint density at radius 3 is 2.43 bits per heavy atom. The van der Waals surface area contributed by atoms with E-state index in [1.807, 2.05) is 0 Å². The number of phenolic OH excluding ortho intramolecular Hbond substituents is 2. The number of hydrogen-bond acceptors (Lipinski definition) is 4. The van der Waals surface area contributed by atoms with E-state index in [-0.39, 0.29) is 15.8 Å². The largest absolute Gasteiger partial charge is 0.503 e. The molecule has 5 nitrogen and oxygen atoms in total. The fraction of sp³-hybridized carbons (Fsp3) is 0.125. The van der Waals surface area contributed by atoms with Crippen LogP contribution in [0.15, 0.2) is 10.5 Å². The van der Waals surface area contributed by atoms with Gasteiger partial charge < -0.3 is 20.1 Å². The number of aromatic carboxylic acids is 1. The molecule has 0 radical (unpaired) electrons. The van der Waals surface area contributed by atoms with Crippen molar-refractivity contribution in [1.82, 2.24) is 0 Å². The van der Waals surface area contributed by atoms with Crippen LogP contribution in [0.2, 0.25) is 0 Å². The number of hydrogen-bond donors (Lipinski definition) is 3. The molecule has 14 heavy (non-hydrogen) atoms. The van der Waals surface area contributed by atoms with Crippen molar-refractivity contribution < 1.29 is 24.9 Å². The summed E-state index contributed by atoms with van der Waals surface area (Å²) in [5.41, 5.74) is -0.183. The quantitative estimate of drug-likeness (QED) is 0.705. The Hall–Kier alpha value is -1.43. The maximum absolute atomic E-state index is 10.7. The summed E-state index contributed by atoms with van der Waals surface area (Å²) in [5, 5.41) is 27.3. The molecule has 1 rings (SSSR count). The summed E-state index contributed by atoms with van der Waals surface area (Å²) in [4.78, 5) is 10.7. The van der Waals surface area contributed by atoms with E-state index in [0.717, 1.165) is 6.07 Å². The summed E-state index contributed by atoms with van der Waals surface area (Å²) in [6.45, 7) is 0. The molecule has 0 amide bonds. The van der Waals surface area contributed by atoms with Crippen LogP contribution in [0.4, 0.5) is 0 Å². The zero-order chi connectivity index (χ0) is 10.9. The predicted octanol–water partition coefficient (Wildman–Crippen LogP) is 1.57. The zero-order valence-electron chi connectivity index (χ0n) is 7.11. The molecule has 1 aromatic carbocycles. The fourth-order valence-corrected chi connectivity index (χ4v) is 1.39. The van der Waals surface area contributed by atoms with Gasteiger partial charge >= 0.3 is 5.97 Å². The molecule has 0 bridgehead atoms. The van der Waals surface area contributed by atoms with Crippen molar-refractivity contribution >= 4 is 21.9 Å². The topological polar surface area (TPSA) is 87.0 Å².